The largest absolute Gasteiger partial charge is 0.486 e. The van der Waals surface area contributed by atoms with Crippen molar-refractivity contribution >= 4 is 23.3 Å². The number of rotatable bonds is 9. The Morgan fingerprint density at radius 2 is 1.51 bits per heavy atom. The fourth-order valence-corrected chi connectivity index (χ4v) is 3.71. The molecule has 0 saturated carbocycles. The highest BCUT2D eigenvalue weighted by Crippen LogP contribution is 2.26. The van der Waals surface area contributed by atoms with Crippen molar-refractivity contribution in [1.29, 1.82) is 0 Å². The molecular formula is C30H28FN3O3. The molecule has 188 valence electrons. The number of hydrogen-bond donors (Lipinski definition) is 3. The van der Waals surface area contributed by atoms with E-state index in [4.69, 9.17) is 4.74 Å². The molecule has 4 aromatic carbocycles. The van der Waals surface area contributed by atoms with Crippen LogP contribution in [0.25, 0.3) is 0 Å². The highest BCUT2D eigenvalue weighted by Gasteiger charge is 2.15. The van der Waals surface area contributed by atoms with Crippen LogP contribution in [0.4, 0.5) is 20.6 Å². The SMILES string of the molecule is Cc1ccc(C(CCNC(=O)Nc2cccc(F)c2)Oc2ccc(C(=O)Nc3ccccc3)cc2)cc1. The maximum Gasteiger partial charge on any atom is 0.319 e. The zero-order valence-electron chi connectivity index (χ0n) is 20.4. The average molecular weight is 498 g/mol. The smallest absolute Gasteiger partial charge is 0.319 e. The van der Waals surface area contributed by atoms with Crippen LogP contribution in [0.1, 0.15) is 34.0 Å². The number of aryl methyl sites for hydroxylation is 1. The van der Waals surface area contributed by atoms with Crippen LogP contribution in [0.15, 0.2) is 103 Å². The van der Waals surface area contributed by atoms with Gasteiger partial charge in [0.2, 0.25) is 0 Å². The topological polar surface area (TPSA) is 79.5 Å². The third-order valence-corrected chi connectivity index (χ3v) is 5.65. The van der Waals surface area contributed by atoms with Crippen LogP contribution in [-0.4, -0.2) is 18.5 Å². The van der Waals surface area contributed by atoms with Gasteiger partial charge in [-0.15, -0.1) is 0 Å². The number of anilines is 2. The van der Waals surface area contributed by atoms with Crippen molar-refractivity contribution in [2.45, 2.75) is 19.4 Å². The minimum absolute atomic E-state index is 0.207. The number of halogens is 1. The van der Waals surface area contributed by atoms with Crippen molar-refractivity contribution in [3.05, 3.63) is 126 Å². The van der Waals surface area contributed by atoms with E-state index in [0.717, 1.165) is 16.8 Å². The van der Waals surface area contributed by atoms with Gasteiger partial charge in [-0.05, 0) is 67.1 Å². The Balaban J connectivity index is 1.37. The molecule has 6 nitrogen and oxygen atoms in total. The predicted octanol–water partition coefficient (Wildman–Crippen LogP) is 6.72. The number of para-hydroxylation sites is 1. The molecule has 0 radical (unpaired) electrons. The summed E-state index contributed by atoms with van der Waals surface area (Å²) in [5.74, 6) is -0.0263. The number of ether oxygens (including phenoxy) is 1. The molecule has 0 aliphatic rings. The summed E-state index contributed by atoms with van der Waals surface area (Å²) in [5, 5.41) is 8.27. The lowest BCUT2D eigenvalue weighted by Gasteiger charge is -2.20. The molecule has 0 fully saturated rings. The molecule has 3 N–H and O–H groups in total. The second-order valence-electron chi connectivity index (χ2n) is 8.54. The molecule has 37 heavy (non-hydrogen) atoms. The van der Waals surface area contributed by atoms with Crippen LogP contribution in [0.2, 0.25) is 0 Å². The number of urea groups is 1. The Hall–Kier alpha value is -4.65. The van der Waals surface area contributed by atoms with Crippen LogP contribution in [0.3, 0.4) is 0 Å². The summed E-state index contributed by atoms with van der Waals surface area (Å²) in [6, 6.07) is 29.5. The Labute approximate surface area is 215 Å². The van der Waals surface area contributed by atoms with Crippen molar-refractivity contribution in [3.8, 4) is 5.75 Å². The summed E-state index contributed by atoms with van der Waals surface area (Å²) in [6.45, 7) is 2.34. The number of amides is 3. The van der Waals surface area contributed by atoms with Gasteiger partial charge in [0.15, 0.2) is 0 Å². The molecule has 7 heteroatoms. The van der Waals surface area contributed by atoms with Gasteiger partial charge in [0.1, 0.15) is 17.7 Å². The van der Waals surface area contributed by atoms with E-state index in [1.165, 1.54) is 18.2 Å². The van der Waals surface area contributed by atoms with Gasteiger partial charge < -0.3 is 20.7 Å². The molecule has 0 heterocycles. The second-order valence-corrected chi connectivity index (χ2v) is 8.54. The average Bonchev–Trinajstić information content (AvgIpc) is 2.89. The van der Waals surface area contributed by atoms with Crippen molar-refractivity contribution in [2.75, 3.05) is 17.2 Å². The molecule has 0 spiro atoms. The second kappa shape index (κ2) is 12.4. The molecule has 4 aromatic rings. The summed E-state index contributed by atoms with van der Waals surface area (Å²) in [7, 11) is 0. The molecule has 0 saturated heterocycles. The van der Waals surface area contributed by atoms with Crippen LogP contribution in [0.5, 0.6) is 5.75 Å². The van der Waals surface area contributed by atoms with Crippen LogP contribution in [0, 0.1) is 12.7 Å². The van der Waals surface area contributed by atoms with Crippen LogP contribution in [-0.2, 0) is 0 Å². The Morgan fingerprint density at radius 1 is 0.811 bits per heavy atom. The molecule has 0 aromatic heterocycles. The van der Waals surface area contributed by atoms with E-state index >= 15 is 0 Å². The van der Waals surface area contributed by atoms with Crippen LogP contribution < -0.4 is 20.7 Å². The van der Waals surface area contributed by atoms with E-state index in [1.807, 2.05) is 61.5 Å². The zero-order valence-corrected chi connectivity index (χ0v) is 20.4. The zero-order chi connectivity index (χ0) is 26.0. The first-order chi connectivity index (χ1) is 18.0. The first-order valence-corrected chi connectivity index (χ1v) is 12.0. The minimum atomic E-state index is -0.429. The third-order valence-electron chi connectivity index (χ3n) is 5.65. The van der Waals surface area contributed by atoms with Crippen molar-refractivity contribution in [2.24, 2.45) is 0 Å². The summed E-state index contributed by atoms with van der Waals surface area (Å²) >= 11 is 0. The van der Waals surface area contributed by atoms with Gasteiger partial charge in [-0.2, -0.15) is 0 Å². The van der Waals surface area contributed by atoms with Gasteiger partial charge in [-0.1, -0.05) is 54.1 Å². The maximum absolute atomic E-state index is 13.4. The molecule has 0 aliphatic heterocycles. The van der Waals surface area contributed by atoms with E-state index in [2.05, 4.69) is 16.0 Å². The van der Waals surface area contributed by atoms with Crippen molar-refractivity contribution in [3.63, 3.8) is 0 Å². The molecule has 3 amide bonds. The first-order valence-electron chi connectivity index (χ1n) is 12.0. The van der Waals surface area contributed by atoms with Crippen molar-refractivity contribution < 1.29 is 18.7 Å². The highest BCUT2D eigenvalue weighted by atomic mass is 19.1. The van der Waals surface area contributed by atoms with Crippen LogP contribution >= 0.6 is 0 Å². The van der Waals surface area contributed by atoms with Gasteiger partial charge >= 0.3 is 6.03 Å². The lowest BCUT2D eigenvalue weighted by Crippen LogP contribution is -2.30. The normalized spacial score (nSPS) is 11.3. The lowest BCUT2D eigenvalue weighted by atomic mass is 10.0. The summed E-state index contributed by atoms with van der Waals surface area (Å²) in [5.41, 5.74) is 3.70. The third kappa shape index (κ3) is 7.67. The van der Waals surface area contributed by atoms with Gasteiger partial charge in [0, 0.05) is 29.9 Å². The molecular weight excluding hydrogens is 469 g/mol. The monoisotopic (exact) mass is 497 g/mol. The summed E-state index contributed by atoms with van der Waals surface area (Å²) < 4.78 is 19.6. The van der Waals surface area contributed by atoms with E-state index in [1.54, 1.807) is 30.3 Å². The van der Waals surface area contributed by atoms with E-state index in [0.29, 0.717) is 30.0 Å². The van der Waals surface area contributed by atoms with Gasteiger partial charge in [-0.3, -0.25) is 4.79 Å². The maximum atomic E-state index is 13.4. The Bertz CT molecular complexity index is 1330. The fraction of sp³-hybridized carbons (Fsp3) is 0.133. The predicted molar refractivity (Wildman–Crippen MR) is 143 cm³/mol. The number of carbonyl (C=O) groups is 2. The molecule has 0 bridgehead atoms. The molecule has 0 aliphatic carbocycles. The summed E-state index contributed by atoms with van der Waals surface area (Å²) in [4.78, 5) is 24.8. The summed E-state index contributed by atoms with van der Waals surface area (Å²) in [6.07, 6.45) is 0.162. The van der Waals surface area contributed by atoms with Gasteiger partial charge in [0.25, 0.3) is 5.91 Å². The number of carbonyl (C=O) groups excluding carboxylic acids is 2. The molecule has 1 unspecified atom stereocenters. The molecule has 4 rings (SSSR count). The number of hydrogen-bond acceptors (Lipinski definition) is 3. The minimum Gasteiger partial charge on any atom is -0.486 e. The fourth-order valence-electron chi connectivity index (χ4n) is 3.71. The number of nitrogens with one attached hydrogen (secondary N) is 3. The van der Waals surface area contributed by atoms with E-state index < -0.39 is 11.8 Å². The molecule has 1 atom stereocenters. The van der Waals surface area contributed by atoms with Crippen molar-refractivity contribution in [1.82, 2.24) is 5.32 Å². The van der Waals surface area contributed by atoms with E-state index in [9.17, 15) is 14.0 Å². The first kappa shape index (κ1) is 25.4. The highest BCUT2D eigenvalue weighted by molar-refractivity contribution is 6.04. The lowest BCUT2D eigenvalue weighted by molar-refractivity contribution is 0.102. The van der Waals surface area contributed by atoms with Gasteiger partial charge in [0.05, 0.1) is 0 Å². The quantitative estimate of drug-likeness (QED) is 0.240. The number of benzene rings is 4. The van der Waals surface area contributed by atoms with E-state index in [-0.39, 0.29) is 12.0 Å². The Morgan fingerprint density at radius 3 is 2.22 bits per heavy atom. The Kier molecular flexibility index (Phi) is 8.49. The van der Waals surface area contributed by atoms with Gasteiger partial charge in [-0.25, -0.2) is 9.18 Å². The standard InChI is InChI=1S/C30H28FN3O3/c1-21-10-12-22(13-11-21)28(18-19-32-30(36)34-26-9-5-6-24(31)20-26)37-27-16-14-23(15-17-27)29(35)33-25-7-3-2-4-8-25/h2-17,20,28H,18-19H2,1H3,(H,33,35)(H2,32,34,36).